The van der Waals surface area contributed by atoms with E-state index in [-0.39, 0.29) is 0 Å². The minimum atomic E-state index is 0.942. The molecule has 68 valence electrons. The largest absolute Gasteiger partial charge is 0.495 e. The number of benzene rings is 1. The van der Waals surface area contributed by atoms with Gasteiger partial charge in [-0.15, -0.1) is 11.3 Å². The van der Waals surface area contributed by atoms with Crippen LogP contribution in [0.15, 0.2) is 22.7 Å². The van der Waals surface area contributed by atoms with Crippen LogP contribution in [0.1, 0.15) is 0 Å². The van der Waals surface area contributed by atoms with E-state index in [0.717, 1.165) is 10.2 Å². The maximum absolute atomic E-state index is 5.30. The predicted molar refractivity (Wildman–Crippen MR) is 68.8 cm³/mol. The van der Waals surface area contributed by atoms with Crippen LogP contribution < -0.4 is 4.74 Å². The Morgan fingerprint density at radius 1 is 1.38 bits per heavy atom. The Kier molecular flexibility index (Phi) is 2.80. The highest BCUT2D eigenvalue weighted by molar-refractivity contribution is 14.1. The maximum Gasteiger partial charge on any atom is 0.137 e. The molecule has 2 rings (SSSR count). The number of halogens is 2. The van der Waals surface area contributed by atoms with Crippen LogP contribution in [0, 0.1) is 2.88 Å². The number of hydrogen-bond acceptors (Lipinski definition) is 2. The summed E-state index contributed by atoms with van der Waals surface area (Å²) in [6.45, 7) is 0. The lowest BCUT2D eigenvalue weighted by molar-refractivity contribution is 0.420. The minimum absolute atomic E-state index is 0.942. The van der Waals surface area contributed by atoms with E-state index in [1.54, 1.807) is 18.4 Å². The lowest BCUT2D eigenvalue weighted by Gasteiger charge is -2.01. The third kappa shape index (κ3) is 1.85. The van der Waals surface area contributed by atoms with Crippen molar-refractivity contribution >= 4 is 59.9 Å². The van der Waals surface area contributed by atoms with Crippen LogP contribution in [0.3, 0.4) is 0 Å². The van der Waals surface area contributed by atoms with Gasteiger partial charge in [0.25, 0.3) is 0 Å². The Balaban J connectivity index is 2.80. The second-order valence-electron chi connectivity index (χ2n) is 2.58. The van der Waals surface area contributed by atoms with Gasteiger partial charge in [0.1, 0.15) is 5.75 Å². The Hall–Kier alpha value is 0.190. The molecule has 0 fully saturated rings. The zero-order valence-electron chi connectivity index (χ0n) is 6.80. The molecule has 0 saturated carbocycles. The summed E-state index contributed by atoms with van der Waals surface area (Å²) in [5.74, 6) is 0.942. The van der Waals surface area contributed by atoms with Crippen LogP contribution in [0.4, 0.5) is 0 Å². The molecule has 0 N–H and O–H groups in total. The molecule has 1 nitrogen and oxygen atoms in total. The first kappa shape index (κ1) is 9.73. The number of thiophene rings is 1. The lowest BCUT2D eigenvalue weighted by Crippen LogP contribution is -1.81. The van der Waals surface area contributed by atoms with Gasteiger partial charge in [0.2, 0.25) is 0 Å². The summed E-state index contributed by atoms with van der Waals surface area (Å²) in [5, 5.41) is 1.24. The van der Waals surface area contributed by atoms with Crippen molar-refractivity contribution in [1.82, 2.24) is 0 Å². The Morgan fingerprint density at radius 3 is 2.85 bits per heavy atom. The molecule has 0 aliphatic rings. The SMILES string of the molecule is COc1cc(Br)cc2cc(I)sc12. The zero-order chi connectivity index (χ0) is 9.42. The fourth-order valence-electron chi connectivity index (χ4n) is 1.21. The number of fused-ring (bicyclic) bond motifs is 1. The van der Waals surface area contributed by atoms with E-state index in [1.165, 1.54) is 13.0 Å². The monoisotopic (exact) mass is 368 g/mol. The highest BCUT2D eigenvalue weighted by Gasteiger charge is 2.06. The van der Waals surface area contributed by atoms with Crippen molar-refractivity contribution in [2.75, 3.05) is 7.11 Å². The number of ether oxygens (including phenoxy) is 1. The molecule has 0 unspecified atom stereocenters. The van der Waals surface area contributed by atoms with Gasteiger partial charge in [-0.25, -0.2) is 0 Å². The molecule has 13 heavy (non-hydrogen) atoms. The average Bonchev–Trinajstić information content (AvgIpc) is 2.43. The Labute approximate surface area is 102 Å². The molecule has 0 radical (unpaired) electrons. The van der Waals surface area contributed by atoms with Gasteiger partial charge in [-0.05, 0) is 46.2 Å². The van der Waals surface area contributed by atoms with Gasteiger partial charge in [-0.2, -0.15) is 0 Å². The van der Waals surface area contributed by atoms with Crippen LogP contribution in [-0.2, 0) is 0 Å². The lowest BCUT2D eigenvalue weighted by atomic mass is 10.2. The summed E-state index contributed by atoms with van der Waals surface area (Å²) in [6, 6.07) is 6.26. The highest BCUT2D eigenvalue weighted by Crippen LogP contribution is 2.36. The Bertz CT molecular complexity index is 452. The van der Waals surface area contributed by atoms with E-state index in [1.807, 2.05) is 6.07 Å². The molecule has 0 spiro atoms. The van der Waals surface area contributed by atoms with E-state index in [2.05, 4.69) is 50.7 Å². The van der Waals surface area contributed by atoms with Crippen LogP contribution in [-0.4, -0.2) is 7.11 Å². The van der Waals surface area contributed by atoms with Gasteiger partial charge >= 0.3 is 0 Å². The van der Waals surface area contributed by atoms with Gasteiger partial charge in [0, 0.05) is 4.47 Å². The summed E-state index contributed by atoms with van der Waals surface area (Å²) >= 11 is 7.53. The van der Waals surface area contributed by atoms with Crippen LogP contribution in [0.2, 0.25) is 0 Å². The van der Waals surface area contributed by atoms with Crippen LogP contribution in [0.25, 0.3) is 10.1 Å². The fraction of sp³-hybridized carbons (Fsp3) is 0.111. The van der Waals surface area contributed by atoms with E-state index >= 15 is 0 Å². The molecule has 0 amide bonds. The van der Waals surface area contributed by atoms with Gasteiger partial charge in [-0.1, -0.05) is 15.9 Å². The summed E-state index contributed by atoms with van der Waals surface area (Å²) in [6.07, 6.45) is 0. The summed E-state index contributed by atoms with van der Waals surface area (Å²) in [5.41, 5.74) is 0. The van der Waals surface area contributed by atoms with Crippen molar-refractivity contribution in [2.24, 2.45) is 0 Å². The number of rotatable bonds is 1. The summed E-state index contributed by atoms with van der Waals surface area (Å²) < 4.78 is 8.86. The van der Waals surface area contributed by atoms with Crippen molar-refractivity contribution in [3.63, 3.8) is 0 Å². The topological polar surface area (TPSA) is 9.23 Å². The van der Waals surface area contributed by atoms with Crippen molar-refractivity contribution < 1.29 is 4.74 Å². The van der Waals surface area contributed by atoms with Crippen molar-refractivity contribution in [3.05, 3.63) is 25.6 Å². The molecule has 0 bridgehead atoms. The molecule has 1 aromatic carbocycles. The van der Waals surface area contributed by atoms with E-state index in [4.69, 9.17) is 4.74 Å². The van der Waals surface area contributed by atoms with E-state index in [9.17, 15) is 0 Å². The number of methoxy groups -OCH3 is 1. The van der Waals surface area contributed by atoms with E-state index < -0.39 is 0 Å². The van der Waals surface area contributed by atoms with Crippen LogP contribution in [0.5, 0.6) is 5.75 Å². The summed E-state index contributed by atoms with van der Waals surface area (Å²) in [7, 11) is 1.70. The quantitative estimate of drug-likeness (QED) is 0.683. The fourth-order valence-corrected chi connectivity index (χ4v) is 3.52. The third-order valence-corrected chi connectivity index (χ3v) is 4.12. The molecule has 0 aliphatic carbocycles. The first-order valence-corrected chi connectivity index (χ1v) is 6.32. The molecule has 1 heterocycles. The van der Waals surface area contributed by atoms with Crippen molar-refractivity contribution in [2.45, 2.75) is 0 Å². The van der Waals surface area contributed by atoms with Crippen molar-refractivity contribution in [1.29, 1.82) is 0 Å². The molecule has 1 aromatic heterocycles. The smallest absolute Gasteiger partial charge is 0.137 e. The van der Waals surface area contributed by atoms with Gasteiger partial charge in [0.05, 0.1) is 14.7 Å². The van der Waals surface area contributed by atoms with E-state index in [0.29, 0.717) is 0 Å². The third-order valence-electron chi connectivity index (χ3n) is 1.74. The molecular formula is C9H6BrIOS. The second-order valence-corrected chi connectivity index (χ2v) is 6.44. The summed E-state index contributed by atoms with van der Waals surface area (Å²) in [4.78, 5) is 0. The number of hydrogen-bond donors (Lipinski definition) is 0. The first-order chi connectivity index (χ1) is 6.20. The van der Waals surface area contributed by atoms with Crippen LogP contribution >= 0.6 is 49.9 Å². The standard InChI is InChI=1S/C9H6BrIOS/c1-12-7-4-6(10)2-5-3-8(11)13-9(5)7/h2-4H,1H3. The highest BCUT2D eigenvalue weighted by atomic mass is 127. The molecular weight excluding hydrogens is 363 g/mol. The van der Waals surface area contributed by atoms with Gasteiger partial charge in [-0.3, -0.25) is 0 Å². The molecule has 0 aliphatic heterocycles. The zero-order valence-corrected chi connectivity index (χ0v) is 11.4. The minimum Gasteiger partial charge on any atom is -0.495 e. The first-order valence-electron chi connectivity index (χ1n) is 3.63. The molecule has 2 aromatic rings. The average molecular weight is 369 g/mol. The molecule has 0 atom stereocenters. The van der Waals surface area contributed by atoms with Crippen molar-refractivity contribution in [3.8, 4) is 5.75 Å². The Morgan fingerprint density at radius 2 is 2.15 bits per heavy atom. The van der Waals surface area contributed by atoms with Gasteiger partial charge < -0.3 is 4.74 Å². The maximum atomic E-state index is 5.30. The molecule has 4 heteroatoms. The second kappa shape index (κ2) is 3.74. The normalized spacial score (nSPS) is 10.7. The molecule has 0 saturated heterocycles. The predicted octanol–water partition coefficient (Wildman–Crippen LogP) is 4.28. The van der Waals surface area contributed by atoms with Gasteiger partial charge in [0.15, 0.2) is 0 Å².